The molecular formula is C16H16ClN3O3. The largest absolute Gasteiger partial charge is 0.488 e. The number of benzene rings is 1. The molecule has 1 fully saturated rings. The first-order valence-electron chi connectivity index (χ1n) is 7.32. The van der Waals surface area contributed by atoms with Crippen molar-refractivity contribution in [2.45, 2.75) is 19.4 Å². The van der Waals surface area contributed by atoms with E-state index in [4.69, 9.17) is 16.3 Å². The molecule has 0 amide bonds. The van der Waals surface area contributed by atoms with Crippen molar-refractivity contribution >= 4 is 23.1 Å². The van der Waals surface area contributed by atoms with Crippen LogP contribution < -0.4 is 9.64 Å². The van der Waals surface area contributed by atoms with Crippen molar-refractivity contribution in [2.24, 2.45) is 0 Å². The van der Waals surface area contributed by atoms with Gasteiger partial charge < -0.3 is 9.64 Å². The number of ether oxygens (including phenoxy) is 1. The van der Waals surface area contributed by atoms with Gasteiger partial charge in [-0.25, -0.2) is 4.98 Å². The molecule has 0 N–H and O–H groups in total. The molecule has 7 heteroatoms. The third-order valence-electron chi connectivity index (χ3n) is 3.81. The van der Waals surface area contributed by atoms with E-state index in [1.54, 1.807) is 25.1 Å². The van der Waals surface area contributed by atoms with Gasteiger partial charge in [-0.1, -0.05) is 17.7 Å². The normalized spacial score (nSPS) is 17.3. The summed E-state index contributed by atoms with van der Waals surface area (Å²) in [5, 5.41) is 11.5. The van der Waals surface area contributed by atoms with E-state index < -0.39 is 4.92 Å². The average Bonchev–Trinajstić information content (AvgIpc) is 2.95. The van der Waals surface area contributed by atoms with E-state index in [9.17, 15) is 10.1 Å². The summed E-state index contributed by atoms with van der Waals surface area (Å²) in [6, 6.07) is 10.5. The number of halogens is 1. The van der Waals surface area contributed by atoms with Gasteiger partial charge in [0.1, 0.15) is 23.4 Å². The summed E-state index contributed by atoms with van der Waals surface area (Å²) in [5.74, 6) is 1.49. The fourth-order valence-corrected chi connectivity index (χ4v) is 2.86. The number of aromatic nitrogens is 1. The first-order valence-corrected chi connectivity index (χ1v) is 7.70. The lowest BCUT2D eigenvalue weighted by atomic mass is 10.3. The van der Waals surface area contributed by atoms with Crippen molar-refractivity contribution in [3.05, 3.63) is 57.2 Å². The van der Waals surface area contributed by atoms with Crippen molar-refractivity contribution in [3.8, 4) is 5.75 Å². The van der Waals surface area contributed by atoms with Gasteiger partial charge in [-0.2, -0.15) is 0 Å². The smallest absolute Gasteiger partial charge is 0.290 e. The Bertz CT molecular complexity index is 738. The quantitative estimate of drug-likeness (QED) is 0.631. The summed E-state index contributed by atoms with van der Waals surface area (Å²) in [5.41, 5.74) is 0.464. The SMILES string of the molecule is Cc1nc(N2CCC(Oc3cccc(Cl)c3)C2)ccc1[N+](=O)[O-]. The van der Waals surface area contributed by atoms with Crippen LogP contribution in [0.1, 0.15) is 12.1 Å². The van der Waals surface area contributed by atoms with Crippen LogP contribution in [0.2, 0.25) is 5.02 Å². The van der Waals surface area contributed by atoms with E-state index in [1.807, 2.05) is 12.1 Å². The lowest BCUT2D eigenvalue weighted by molar-refractivity contribution is -0.385. The Balaban J connectivity index is 1.68. The maximum atomic E-state index is 10.9. The zero-order valence-corrected chi connectivity index (χ0v) is 13.4. The summed E-state index contributed by atoms with van der Waals surface area (Å²) >= 11 is 5.96. The van der Waals surface area contributed by atoms with Crippen molar-refractivity contribution in [1.29, 1.82) is 0 Å². The van der Waals surface area contributed by atoms with Crippen molar-refractivity contribution in [2.75, 3.05) is 18.0 Å². The number of nitro groups is 1. The van der Waals surface area contributed by atoms with Crippen molar-refractivity contribution in [1.82, 2.24) is 4.98 Å². The molecule has 1 aromatic heterocycles. The van der Waals surface area contributed by atoms with Crippen LogP contribution in [0, 0.1) is 17.0 Å². The van der Waals surface area contributed by atoms with E-state index in [0.29, 0.717) is 17.3 Å². The lowest BCUT2D eigenvalue weighted by Crippen LogP contribution is -2.25. The molecule has 0 saturated carbocycles. The molecule has 3 rings (SSSR count). The lowest BCUT2D eigenvalue weighted by Gasteiger charge is -2.18. The Hall–Kier alpha value is -2.34. The van der Waals surface area contributed by atoms with Crippen LogP contribution >= 0.6 is 11.6 Å². The maximum Gasteiger partial charge on any atom is 0.290 e. The summed E-state index contributed by atoms with van der Waals surface area (Å²) in [6.07, 6.45) is 0.912. The third-order valence-corrected chi connectivity index (χ3v) is 4.04. The minimum Gasteiger partial charge on any atom is -0.488 e. The van der Waals surface area contributed by atoms with Crippen LogP contribution in [-0.4, -0.2) is 29.1 Å². The predicted molar refractivity (Wildman–Crippen MR) is 88.3 cm³/mol. The van der Waals surface area contributed by atoms with E-state index in [2.05, 4.69) is 9.88 Å². The highest BCUT2D eigenvalue weighted by Crippen LogP contribution is 2.26. The van der Waals surface area contributed by atoms with E-state index in [0.717, 1.165) is 24.5 Å². The van der Waals surface area contributed by atoms with Gasteiger partial charge in [0.25, 0.3) is 5.69 Å². The molecule has 120 valence electrons. The molecule has 0 bridgehead atoms. The Morgan fingerprint density at radius 1 is 1.39 bits per heavy atom. The molecule has 1 atom stereocenters. The number of hydrogen-bond donors (Lipinski definition) is 0. The second-order valence-electron chi connectivity index (χ2n) is 5.46. The standard InChI is InChI=1S/C16H16ClN3O3/c1-11-15(20(21)22)5-6-16(18-11)19-8-7-14(10-19)23-13-4-2-3-12(17)9-13/h2-6,9,14H,7-8,10H2,1H3. The van der Waals surface area contributed by atoms with Crippen LogP contribution in [0.4, 0.5) is 11.5 Å². The molecule has 2 aromatic rings. The average molecular weight is 334 g/mol. The first kappa shape index (κ1) is 15.6. The molecule has 0 aliphatic carbocycles. The van der Waals surface area contributed by atoms with Gasteiger partial charge in [-0.15, -0.1) is 0 Å². The second-order valence-corrected chi connectivity index (χ2v) is 5.90. The molecule has 6 nitrogen and oxygen atoms in total. The minimum atomic E-state index is -0.416. The summed E-state index contributed by atoms with van der Waals surface area (Å²) in [4.78, 5) is 16.9. The highest BCUT2D eigenvalue weighted by atomic mass is 35.5. The zero-order chi connectivity index (χ0) is 16.4. The Kier molecular flexibility index (Phi) is 4.34. The Morgan fingerprint density at radius 3 is 2.91 bits per heavy atom. The molecule has 23 heavy (non-hydrogen) atoms. The topological polar surface area (TPSA) is 68.5 Å². The summed E-state index contributed by atoms with van der Waals surface area (Å²) < 4.78 is 5.94. The highest BCUT2D eigenvalue weighted by molar-refractivity contribution is 6.30. The van der Waals surface area contributed by atoms with Crippen molar-refractivity contribution in [3.63, 3.8) is 0 Å². The number of hydrogen-bond acceptors (Lipinski definition) is 5. The monoisotopic (exact) mass is 333 g/mol. The molecule has 0 spiro atoms. The zero-order valence-electron chi connectivity index (χ0n) is 12.6. The van der Waals surface area contributed by atoms with Crippen LogP contribution in [0.25, 0.3) is 0 Å². The number of nitrogens with zero attached hydrogens (tertiary/aromatic N) is 3. The fraction of sp³-hybridized carbons (Fsp3) is 0.312. The van der Waals surface area contributed by atoms with Gasteiger partial charge in [0, 0.05) is 24.1 Å². The molecule has 1 aliphatic rings. The van der Waals surface area contributed by atoms with Crippen LogP contribution in [0.5, 0.6) is 5.75 Å². The van der Waals surface area contributed by atoms with Gasteiger partial charge in [0.15, 0.2) is 0 Å². The molecule has 1 unspecified atom stereocenters. The summed E-state index contributed by atoms with van der Waals surface area (Å²) in [7, 11) is 0. The van der Waals surface area contributed by atoms with Crippen molar-refractivity contribution < 1.29 is 9.66 Å². The fourth-order valence-electron chi connectivity index (χ4n) is 2.67. The van der Waals surface area contributed by atoms with Gasteiger partial charge in [-0.05, 0) is 31.2 Å². The number of anilines is 1. The molecular weight excluding hydrogens is 318 g/mol. The third kappa shape index (κ3) is 3.53. The van der Waals surface area contributed by atoms with Crippen LogP contribution in [0.3, 0.4) is 0 Å². The predicted octanol–water partition coefficient (Wildman–Crippen LogP) is 3.61. The number of aryl methyl sites for hydroxylation is 1. The Labute approximate surface area is 138 Å². The number of rotatable bonds is 4. The van der Waals surface area contributed by atoms with E-state index in [-0.39, 0.29) is 11.8 Å². The van der Waals surface area contributed by atoms with E-state index >= 15 is 0 Å². The van der Waals surface area contributed by atoms with Gasteiger partial charge in [0.2, 0.25) is 0 Å². The van der Waals surface area contributed by atoms with Crippen LogP contribution in [-0.2, 0) is 0 Å². The van der Waals surface area contributed by atoms with Gasteiger partial charge in [-0.3, -0.25) is 10.1 Å². The molecule has 0 radical (unpaired) electrons. The second kappa shape index (κ2) is 6.42. The number of pyridine rings is 1. The van der Waals surface area contributed by atoms with Gasteiger partial charge in [0.05, 0.1) is 11.5 Å². The molecule has 2 heterocycles. The molecule has 1 aromatic carbocycles. The first-order chi connectivity index (χ1) is 11.0. The highest BCUT2D eigenvalue weighted by Gasteiger charge is 2.26. The molecule has 1 aliphatic heterocycles. The van der Waals surface area contributed by atoms with Crippen LogP contribution in [0.15, 0.2) is 36.4 Å². The van der Waals surface area contributed by atoms with E-state index in [1.165, 1.54) is 6.07 Å². The minimum absolute atomic E-state index is 0.0414. The molecule has 1 saturated heterocycles. The summed E-state index contributed by atoms with van der Waals surface area (Å²) in [6.45, 7) is 3.14. The Morgan fingerprint density at radius 2 is 2.22 bits per heavy atom. The maximum absolute atomic E-state index is 10.9. The van der Waals surface area contributed by atoms with Gasteiger partial charge >= 0.3 is 0 Å².